The van der Waals surface area contributed by atoms with E-state index >= 15 is 0 Å². The molecule has 4 nitrogen and oxygen atoms in total. The molecule has 2 heterocycles. The molecule has 0 aromatic carbocycles. The Bertz CT molecular complexity index is 129. The Morgan fingerprint density at radius 1 is 0.917 bits per heavy atom. The largest absolute Gasteiger partial charge is 0.391 e. The van der Waals surface area contributed by atoms with Crippen molar-refractivity contribution in [2.45, 2.75) is 0 Å². The SMILES string of the molecule is C1=CNOC=C1.C1CNCCN1. The monoisotopic (exact) mass is 169 g/mol. The van der Waals surface area contributed by atoms with Gasteiger partial charge in [-0.3, -0.25) is 0 Å². The van der Waals surface area contributed by atoms with Crippen LogP contribution in [0, 0.1) is 0 Å². The van der Waals surface area contributed by atoms with Crippen LogP contribution in [-0.4, -0.2) is 26.2 Å². The van der Waals surface area contributed by atoms with Gasteiger partial charge in [0, 0.05) is 32.4 Å². The second kappa shape index (κ2) is 6.69. The predicted octanol–water partition coefficient (Wildman–Crippen LogP) is -0.272. The molecular weight excluding hydrogens is 154 g/mol. The maximum Gasteiger partial charge on any atom is 0.119 e. The summed E-state index contributed by atoms with van der Waals surface area (Å²) in [6, 6.07) is 0. The van der Waals surface area contributed by atoms with E-state index < -0.39 is 0 Å². The van der Waals surface area contributed by atoms with Crippen molar-refractivity contribution in [2.24, 2.45) is 0 Å². The zero-order valence-corrected chi connectivity index (χ0v) is 7.05. The molecule has 0 aliphatic carbocycles. The van der Waals surface area contributed by atoms with Gasteiger partial charge < -0.3 is 15.5 Å². The minimum atomic E-state index is 1.14. The van der Waals surface area contributed by atoms with Crippen LogP contribution in [0.25, 0.3) is 0 Å². The van der Waals surface area contributed by atoms with Gasteiger partial charge in [0.25, 0.3) is 0 Å². The van der Waals surface area contributed by atoms with Crippen LogP contribution in [0.15, 0.2) is 24.6 Å². The lowest BCUT2D eigenvalue weighted by molar-refractivity contribution is 0.172. The molecule has 0 aromatic heterocycles. The van der Waals surface area contributed by atoms with Gasteiger partial charge in [0.2, 0.25) is 0 Å². The summed E-state index contributed by atoms with van der Waals surface area (Å²) in [5, 5.41) is 6.44. The van der Waals surface area contributed by atoms with Gasteiger partial charge in [0.05, 0.1) is 0 Å². The summed E-state index contributed by atoms with van der Waals surface area (Å²) in [7, 11) is 0. The van der Waals surface area contributed by atoms with Crippen LogP contribution in [0.3, 0.4) is 0 Å². The Morgan fingerprint density at radius 2 is 1.58 bits per heavy atom. The van der Waals surface area contributed by atoms with Gasteiger partial charge >= 0.3 is 0 Å². The van der Waals surface area contributed by atoms with Gasteiger partial charge in [-0.05, 0) is 12.2 Å². The molecular formula is C8H15N3O. The van der Waals surface area contributed by atoms with Gasteiger partial charge in [-0.2, -0.15) is 0 Å². The van der Waals surface area contributed by atoms with Crippen molar-refractivity contribution < 1.29 is 4.84 Å². The minimum Gasteiger partial charge on any atom is -0.391 e. The van der Waals surface area contributed by atoms with E-state index in [1.807, 2.05) is 6.08 Å². The molecule has 3 N–H and O–H groups in total. The van der Waals surface area contributed by atoms with E-state index in [1.54, 1.807) is 18.5 Å². The Morgan fingerprint density at radius 3 is 1.75 bits per heavy atom. The highest BCUT2D eigenvalue weighted by Crippen LogP contribution is 1.80. The molecule has 2 aliphatic rings. The Kier molecular flexibility index (Phi) is 5.07. The average Bonchev–Trinajstić information content (AvgIpc) is 2.24. The van der Waals surface area contributed by atoms with E-state index in [4.69, 9.17) is 0 Å². The highest BCUT2D eigenvalue weighted by molar-refractivity contribution is 5.00. The first-order valence-corrected chi connectivity index (χ1v) is 4.14. The normalized spacial score (nSPS) is 20.0. The number of rotatable bonds is 0. The van der Waals surface area contributed by atoms with Crippen molar-refractivity contribution in [3.05, 3.63) is 24.6 Å². The molecule has 1 fully saturated rings. The summed E-state index contributed by atoms with van der Waals surface area (Å²) in [6.07, 6.45) is 6.93. The molecule has 4 heteroatoms. The molecule has 12 heavy (non-hydrogen) atoms. The topological polar surface area (TPSA) is 45.3 Å². The molecule has 68 valence electrons. The van der Waals surface area contributed by atoms with E-state index in [1.165, 1.54) is 0 Å². The van der Waals surface area contributed by atoms with Crippen LogP contribution in [0.5, 0.6) is 0 Å². The third-order valence-corrected chi connectivity index (χ3v) is 1.45. The van der Waals surface area contributed by atoms with E-state index in [2.05, 4.69) is 21.0 Å². The fraction of sp³-hybridized carbons (Fsp3) is 0.500. The first kappa shape index (κ1) is 9.09. The van der Waals surface area contributed by atoms with Crippen molar-refractivity contribution in [3.8, 4) is 0 Å². The molecule has 0 aromatic rings. The summed E-state index contributed by atoms with van der Waals surface area (Å²) in [6.45, 7) is 4.56. The predicted molar refractivity (Wildman–Crippen MR) is 48.2 cm³/mol. The summed E-state index contributed by atoms with van der Waals surface area (Å²) in [4.78, 5) is 4.55. The fourth-order valence-corrected chi connectivity index (χ4v) is 0.862. The smallest absolute Gasteiger partial charge is 0.119 e. The van der Waals surface area contributed by atoms with Crippen molar-refractivity contribution in [1.82, 2.24) is 16.1 Å². The van der Waals surface area contributed by atoms with Crippen LogP contribution < -0.4 is 16.1 Å². The lowest BCUT2D eigenvalue weighted by Gasteiger charge is -2.11. The van der Waals surface area contributed by atoms with E-state index in [0.29, 0.717) is 0 Å². The Balaban J connectivity index is 0.000000120. The van der Waals surface area contributed by atoms with Gasteiger partial charge in [0.15, 0.2) is 0 Å². The van der Waals surface area contributed by atoms with Crippen LogP contribution in [0.4, 0.5) is 0 Å². The molecule has 1 saturated heterocycles. The molecule has 2 rings (SSSR count). The highest BCUT2D eigenvalue weighted by Gasteiger charge is 1.91. The number of hydrogen-bond acceptors (Lipinski definition) is 4. The van der Waals surface area contributed by atoms with Crippen LogP contribution in [-0.2, 0) is 4.84 Å². The van der Waals surface area contributed by atoms with Crippen molar-refractivity contribution in [2.75, 3.05) is 26.2 Å². The fourth-order valence-electron chi connectivity index (χ4n) is 0.862. The number of hydrogen-bond donors (Lipinski definition) is 3. The quantitative estimate of drug-likeness (QED) is 0.467. The highest BCUT2D eigenvalue weighted by atomic mass is 16.6. The molecule has 2 aliphatic heterocycles. The van der Waals surface area contributed by atoms with Gasteiger partial charge in [0.1, 0.15) is 6.26 Å². The average molecular weight is 169 g/mol. The standard InChI is InChI=1S/C4H10N2.C4H5NO/c1-2-6-4-3-5-1;1-2-4-6-5-3-1/h5-6H,1-4H2;1-5H. The molecule has 0 atom stereocenters. The number of allylic oxidation sites excluding steroid dienone is 2. The van der Waals surface area contributed by atoms with Crippen LogP contribution in [0.2, 0.25) is 0 Å². The molecule has 0 saturated carbocycles. The molecule has 0 spiro atoms. The summed E-state index contributed by atoms with van der Waals surface area (Å²) in [5.41, 5.74) is 2.52. The number of hydroxylamine groups is 1. The Hall–Kier alpha value is -1.00. The van der Waals surface area contributed by atoms with Crippen LogP contribution >= 0.6 is 0 Å². The molecule has 0 unspecified atom stereocenters. The zero-order chi connectivity index (χ0) is 8.49. The molecule has 0 bridgehead atoms. The molecule has 0 amide bonds. The summed E-state index contributed by atoms with van der Waals surface area (Å²) >= 11 is 0. The lowest BCUT2D eigenvalue weighted by atomic mass is 10.4. The second-order valence-electron chi connectivity index (χ2n) is 2.42. The van der Waals surface area contributed by atoms with Gasteiger partial charge in [-0.25, -0.2) is 5.48 Å². The lowest BCUT2D eigenvalue weighted by Crippen LogP contribution is -2.39. The van der Waals surface area contributed by atoms with E-state index in [-0.39, 0.29) is 0 Å². The van der Waals surface area contributed by atoms with Gasteiger partial charge in [-0.1, -0.05) is 0 Å². The first-order valence-electron chi connectivity index (χ1n) is 4.14. The van der Waals surface area contributed by atoms with Crippen molar-refractivity contribution in [3.63, 3.8) is 0 Å². The minimum absolute atomic E-state index is 1.14. The zero-order valence-electron chi connectivity index (χ0n) is 7.05. The van der Waals surface area contributed by atoms with Crippen molar-refractivity contribution >= 4 is 0 Å². The van der Waals surface area contributed by atoms with Gasteiger partial charge in [-0.15, -0.1) is 0 Å². The maximum atomic E-state index is 4.55. The Labute approximate surface area is 72.6 Å². The maximum absolute atomic E-state index is 4.55. The third-order valence-electron chi connectivity index (χ3n) is 1.45. The van der Waals surface area contributed by atoms with Crippen molar-refractivity contribution in [1.29, 1.82) is 0 Å². The van der Waals surface area contributed by atoms with E-state index in [0.717, 1.165) is 26.2 Å². The van der Waals surface area contributed by atoms with E-state index in [9.17, 15) is 0 Å². The summed E-state index contributed by atoms with van der Waals surface area (Å²) < 4.78 is 0. The third kappa shape index (κ3) is 4.76. The summed E-state index contributed by atoms with van der Waals surface area (Å²) in [5.74, 6) is 0. The number of nitrogens with one attached hydrogen (secondary N) is 3. The first-order chi connectivity index (χ1) is 6.00. The second-order valence-corrected chi connectivity index (χ2v) is 2.42. The molecule has 0 radical (unpaired) electrons. The number of piperazine rings is 1. The van der Waals surface area contributed by atoms with Crippen LogP contribution in [0.1, 0.15) is 0 Å².